The van der Waals surface area contributed by atoms with Gasteiger partial charge in [-0.15, -0.1) is 0 Å². The maximum absolute atomic E-state index is 14.4. The molecule has 3 aromatic carbocycles. The molecule has 3 aromatic heterocycles. The number of hydrogen-bond acceptors (Lipinski definition) is 4. The van der Waals surface area contributed by atoms with Gasteiger partial charge in [0.1, 0.15) is 11.5 Å². The summed E-state index contributed by atoms with van der Waals surface area (Å²) in [6.07, 6.45) is 3.56. The monoisotopic (exact) mass is 489 g/mol. The minimum atomic E-state index is -0.488. The average molecular weight is 490 g/mol. The Bertz CT molecular complexity index is 1890. The van der Waals surface area contributed by atoms with Crippen LogP contribution in [0.1, 0.15) is 27.5 Å². The molecule has 1 aliphatic carbocycles. The second-order valence-corrected chi connectivity index (χ2v) is 9.03. The number of aromatic amines is 1. The molecule has 8 heteroatoms. The number of rotatable bonds is 4. The Morgan fingerprint density at radius 3 is 2.70 bits per heavy atom. The van der Waals surface area contributed by atoms with Crippen LogP contribution in [0.4, 0.5) is 4.39 Å². The minimum absolute atomic E-state index is 0.150. The number of benzene rings is 3. The third-order valence-corrected chi connectivity index (χ3v) is 7.09. The number of imidazole rings is 1. The van der Waals surface area contributed by atoms with Gasteiger partial charge in [0.15, 0.2) is 11.6 Å². The SMILES string of the molecule is COc1cc2nc(-c3cccc4c3-c3ccccc3C4n3ccc4c(C(N)=O)ccnc43)[nH]c2cc1F. The Morgan fingerprint density at radius 2 is 1.86 bits per heavy atom. The highest BCUT2D eigenvalue weighted by Gasteiger charge is 2.33. The number of ether oxygens (including phenoxy) is 1. The largest absolute Gasteiger partial charge is 0.494 e. The molecule has 7 rings (SSSR count). The van der Waals surface area contributed by atoms with Crippen LogP contribution in [0.3, 0.4) is 0 Å². The van der Waals surface area contributed by atoms with Crippen LogP contribution in [-0.2, 0) is 0 Å². The van der Waals surface area contributed by atoms with Crippen molar-refractivity contribution in [3.05, 3.63) is 102 Å². The van der Waals surface area contributed by atoms with Crippen molar-refractivity contribution in [2.75, 3.05) is 7.11 Å². The Hall–Kier alpha value is -4.98. The second kappa shape index (κ2) is 7.76. The Kier molecular flexibility index (Phi) is 4.47. The zero-order valence-electron chi connectivity index (χ0n) is 19.7. The summed E-state index contributed by atoms with van der Waals surface area (Å²) in [6, 6.07) is 20.7. The van der Waals surface area contributed by atoms with Crippen LogP contribution in [0.15, 0.2) is 79.1 Å². The van der Waals surface area contributed by atoms with Crippen molar-refractivity contribution in [3.8, 4) is 28.3 Å². The molecule has 0 spiro atoms. The normalized spacial score (nSPS) is 14.2. The van der Waals surface area contributed by atoms with Crippen molar-refractivity contribution in [1.29, 1.82) is 0 Å². The van der Waals surface area contributed by atoms with Crippen molar-refractivity contribution in [2.45, 2.75) is 6.04 Å². The lowest BCUT2D eigenvalue weighted by Crippen LogP contribution is -2.12. The molecule has 180 valence electrons. The molecule has 0 aliphatic heterocycles. The Labute approximate surface area is 210 Å². The number of fused-ring (bicyclic) bond motifs is 5. The van der Waals surface area contributed by atoms with Gasteiger partial charge in [0, 0.05) is 35.5 Å². The zero-order chi connectivity index (χ0) is 25.3. The fourth-order valence-corrected chi connectivity index (χ4v) is 5.50. The highest BCUT2D eigenvalue weighted by atomic mass is 19.1. The van der Waals surface area contributed by atoms with Gasteiger partial charge < -0.3 is 20.0 Å². The van der Waals surface area contributed by atoms with Gasteiger partial charge in [-0.05, 0) is 34.4 Å². The number of aromatic nitrogens is 4. The second-order valence-electron chi connectivity index (χ2n) is 9.03. The summed E-state index contributed by atoms with van der Waals surface area (Å²) in [5.41, 5.74) is 13.2. The maximum atomic E-state index is 14.4. The average Bonchev–Trinajstić information content (AvgIpc) is 3.60. The van der Waals surface area contributed by atoms with Gasteiger partial charge in [-0.25, -0.2) is 14.4 Å². The van der Waals surface area contributed by atoms with Gasteiger partial charge in [0.05, 0.1) is 29.7 Å². The van der Waals surface area contributed by atoms with Crippen LogP contribution in [0.2, 0.25) is 0 Å². The maximum Gasteiger partial charge on any atom is 0.249 e. The number of nitrogens with two attached hydrogens (primary N) is 1. The standard InChI is InChI=1S/C29H20FN5O2/c1-37-24-14-23-22(13-21(24)30)33-28(34-23)20-8-4-7-19-25(20)15-5-2-3-6-16(15)26(19)35-12-10-18-17(27(31)36)9-11-32-29(18)35/h2-14,26H,1H3,(H2,31,36)(H,33,34). The molecule has 3 heterocycles. The molecular weight excluding hydrogens is 469 g/mol. The molecule has 1 unspecified atom stereocenters. The van der Waals surface area contributed by atoms with Crippen LogP contribution in [0.5, 0.6) is 5.75 Å². The van der Waals surface area contributed by atoms with Crippen LogP contribution < -0.4 is 10.5 Å². The third kappa shape index (κ3) is 3.02. The van der Waals surface area contributed by atoms with Crippen molar-refractivity contribution in [2.24, 2.45) is 5.73 Å². The van der Waals surface area contributed by atoms with E-state index in [-0.39, 0.29) is 11.8 Å². The molecule has 1 amide bonds. The van der Waals surface area contributed by atoms with E-state index in [0.717, 1.165) is 27.8 Å². The number of amides is 1. The van der Waals surface area contributed by atoms with Gasteiger partial charge in [-0.2, -0.15) is 0 Å². The van der Waals surface area contributed by atoms with Crippen molar-refractivity contribution in [1.82, 2.24) is 19.5 Å². The van der Waals surface area contributed by atoms with E-state index in [4.69, 9.17) is 15.5 Å². The van der Waals surface area contributed by atoms with E-state index in [0.29, 0.717) is 33.5 Å². The number of carbonyl (C=O) groups is 1. The summed E-state index contributed by atoms with van der Waals surface area (Å²) < 4.78 is 21.6. The molecule has 0 radical (unpaired) electrons. The number of carbonyl (C=O) groups excluding carboxylic acids is 1. The fraction of sp³-hybridized carbons (Fsp3) is 0.0690. The summed E-state index contributed by atoms with van der Waals surface area (Å²) in [5, 5.41) is 0.713. The number of nitrogens with one attached hydrogen (secondary N) is 1. The van der Waals surface area contributed by atoms with E-state index in [1.54, 1.807) is 18.3 Å². The first-order valence-electron chi connectivity index (χ1n) is 11.8. The summed E-state index contributed by atoms with van der Waals surface area (Å²) >= 11 is 0. The van der Waals surface area contributed by atoms with Gasteiger partial charge >= 0.3 is 0 Å². The quantitative estimate of drug-likeness (QED) is 0.344. The third-order valence-electron chi connectivity index (χ3n) is 7.09. The van der Waals surface area contributed by atoms with Crippen molar-refractivity contribution in [3.63, 3.8) is 0 Å². The smallest absolute Gasteiger partial charge is 0.249 e. The van der Waals surface area contributed by atoms with Crippen LogP contribution in [0.25, 0.3) is 44.6 Å². The molecule has 7 nitrogen and oxygen atoms in total. The Morgan fingerprint density at radius 1 is 1.05 bits per heavy atom. The lowest BCUT2D eigenvalue weighted by Gasteiger charge is -2.17. The van der Waals surface area contributed by atoms with Crippen LogP contribution in [-0.4, -0.2) is 32.5 Å². The number of H-pyrrole nitrogens is 1. The van der Waals surface area contributed by atoms with Gasteiger partial charge in [-0.3, -0.25) is 4.79 Å². The molecule has 0 bridgehead atoms. The molecular formula is C29H20FN5O2. The van der Waals surface area contributed by atoms with E-state index in [1.165, 1.54) is 13.2 Å². The lowest BCUT2D eigenvalue weighted by molar-refractivity contribution is 0.100. The van der Waals surface area contributed by atoms with E-state index in [9.17, 15) is 9.18 Å². The zero-order valence-corrected chi connectivity index (χ0v) is 19.7. The minimum Gasteiger partial charge on any atom is -0.494 e. The summed E-state index contributed by atoms with van der Waals surface area (Å²) in [5.74, 6) is -0.146. The van der Waals surface area contributed by atoms with E-state index in [1.807, 2.05) is 36.5 Å². The number of halogens is 1. The molecule has 0 saturated heterocycles. The van der Waals surface area contributed by atoms with Crippen LogP contribution >= 0.6 is 0 Å². The van der Waals surface area contributed by atoms with Gasteiger partial charge in [0.25, 0.3) is 0 Å². The van der Waals surface area contributed by atoms with E-state index < -0.39 is 11.7 Å². The highest BCUT2D eigenvalue weighted by Crippen LogP contribution is 2.50. The number of nitrogens with zero attached hydrogens (tertiary/aromatic N) is 3. The molecule has 0 saturated carbocycles. The lowest BCUT2D eigenvalue weighted by atomic mass is 9.99. The number of primary amides is 1. The topological polar surface area (TPSA) is 98.8 Å². The Balaban J connectivity index is 1.46. The number of hydrogen-bond donors (Lipinski definition) is 2. The van der Waals surface area contributed by atoms with Gasteiger partial charge in [0.2, 0.25) is 5.91 Å². The molecule has 37 heavy (non-hydrogen) atoms. The summed E-state index contributed by atoms with van der Waals surface area (Å²) in [6.45, 7) is 0. The van der Waals surface area contributed by atoms with Crippen molar-refractivity contribution >= 4 is 28.0 Å². The van der Waals surface area contributed by atoms with E-state index >= 15 is 0 Å². The highest BCUT2D eigenvalue weighted by molar-refractivity contribution is 6.05. The predicted molar refractivity (Wildman–Crippen MR) is 139 cm³/mol. The molecule has 1 atom stereocenters. The summed E-state index contributed by atoms with van der Waals surface area (Å²) in [7, 11) is 1.44. The summed E-state index contributed by atoms with van der Waals surface area (Å²) in [4.78, 5) is 24.7. The number of pyridine rings is 1. The molecule has 6 aromatic rings. The number of methoxy groups -OCH3 is 1. The van der Waals surface area contributed by atoms with Gasteiger partial charge in [-0.1, -0.05) is 42.5 Å². The first-order chi connectivity index (χ1) is 18.0. The molecule has 3 N–H and O–H groups in total. The van der Waals surface area contributed by atoms with Crippen molar-refractivity contribution < 1.29 is 13.9 Å². The molecule has 0 fully saturated rings. The fourth-order valence-electron chi connectivity index (χ4n) is 5.50. The molecule has 1 aliphatic rings. The predicted octanol–water partition coefficient (Wildman–Crippen LogP) is 5.44. The first kappa shape index (κ1) is 21.3. The first-order valence-corrected chi connectivity index (χ1v) is 11.8. The van der Waals surface area contributed by atoms with Crippen LogP contribution in [0, 0.1) is 5.82 Å². The van der Waals surface area contributed by atoms with E-state index in [2.05, 4.69) is 32.7 Å².